The summed E-state index contributed by atoms with van der Waals surface area (Å²) in [6.45, 7) is 1.99. The van der Waals surface area contributed by atoms with Gasteiger partial charge in [0.05, 0.1) is 7.11 Å². The molecule has 0 bridgehead atoms. The van der Waals surface area contributed by atoms with Gasteiger partial charge in [-0.25, -0.2) is 4.98 Å². The van der Waals surface area contributed by atoms with Gasteiger partial charge in [-0.1, -0.05) is 38.7 Å². The Morgan fingerprint density at radius 3 is 2.46 bits per heavy atom. The molecule has 35 heavy (non-hydrogen) atoms. The van der Waals surface area contributed by atoms with Gasteiger partial charge < -0.3 is 25.8 Å². The number of nitrogens with zero attached hydrogens (tertiary/aromatic N) is 1. The molecule has 0 aliphatic carbocycles. The summed E-state index contributed by atoms with van der Waals surface area (Å²) < 4.78 is 5.34. The lowest BCUT2D eigenvalue weighted by Gasteiger charge is -2.21. The largest absolute Gasteiger partial charge is 0.504 e. The third-order valence-electron chi connectivity index (χ3n) is 6.18. The number of nitrogens with two attached hydrogens (primary N) is 1. The summed E-state index contributed by atoms with van der Waals surface area (Å²) in [6, 6.07) is 6.84. The fourth-order valence-corrected chi connectivity index (χ4v) is 4.19. The van der Waals surface area contributed by atoms with Crippen LogP contribution in [0, 0.1) is 0 Å². The van der Waals surface area contributed by atoms with Gasteiger partial charge in [-0.3, -0.25) is 9.59 Å². The molecule has 0 aliphatic heterocycles. The summed E-state index contributed by atoms with van der Waals surface area (Å²) >= 11 is 0. The maximum absolute atomic E-state index is 12.5. The van der Waals surface area contributed by atoms with Crippen molar-refractivity contribution in [2.75, 3.05) is 19.5 Å². The average molecular weight is 487 g/mol. The molecular formula is C27H38N2O6. The zero-order chi connectivity index (χ0) is 25.8. The number of aliphatic hydroxyl groups excluding tert-OH is 2. The Bertz CT molecular complexity index is 978. The van der Waals surface area contributed by atoms with Crippen molar-refractivity contribution in [1.29, 1.82) is 0 Å². The molecule has 1 heterocycles. The van der Waals surface area contributed by atoms with Gasteiger partial charge in [0.15, 0.2) is 29.2 Å². The number of unbranched alkanes of at least 4 members (excludes halogenated alkanes) is 4. The van der Waals surface area contributed by atoms with E-state index < -0.39 is 17.7 Å². The minimum absolute atomic E-state index is 0.0248. The minimum atomic E-state index is -1.61. The lowest BCUT2D eigenvalue weighted by atomic mass is 9.86. The second-order valence-electron chi connectivity index (χ2n) is 8.81. The number of carbonyl (C=O) groups excluding carboxylic acids is 2. The number of aromatic hydroxyl groups is 1. The maximum atomic E-state index is 12.5. The molecule has 8 nitrogen and oxygen atoms in total. The fourth-order valence-electron chi connectivity index (χ4n) is 4.19. The van der Waals surface area contributed by atoms with Crippen LogP contribution in [0.5, 0.6) is 11.5 Å². The number of pyridine rings is 1. The van der Waals surface area contributed by atoms with Crippen molar-refractivity contribution in [2.24, 2.45) is 0 Å². The number of nitrogen functional groups attached to an aromatic ring is 1. The number of ketones is 2. The van der Waals surface area contributed by atoms with E-state index in [-0.39, 0.29) is 43.3 Å². The molecule has 2 rings (SSSR count). The molecule has 0 spiro atoms. The number of anilines is 1. The number of phenolic OH excluding ortho intramolecular Hbond substituents is 1. The van der Waals surface area contributed by atoms with Crippen LogP contribution in [0.3, 0.4) is 0 Å². The van der Waals surface area contributed by atoms with Crippen molar-refractivity contribution < 1.29 is 29.6 Å². The normalized spacial score (nSPS) is 12.8. The van der Waals surface area contributed by atoms with Crippen molar-refractivity contribution in [3.63, 3.8) is 0 Å². The van der Waals surface area contributed by atoms with E-state index in [2.05, 4.69) is 11.9 Å². The van der Waals surface area contributed by atoms with E-state index in [1.807, 2.05) is 0 Å². The lowest BCUT2D eigenvalue weighted by Crippen LogP contribution is -2.30. The highest BCUT2D eigenvalue weighted by atomic mass is 16.5. The number of methoxy groups -OCH3 is 1. The molecule has 8 heteroatoms. The first kappa shape index (κ1) is 28.3. The Morgan fingerprint density at radius 1 is 1.09 bits per heavy atom. The predicted molar refractivity (Wildman–Crippen MR) is 135 cm³/mol. The summed E-state index contributed by atoms with van der Waals surface area (Å²) in [5.41, 5.74) is 7.83. The van der Waals surface area contributed by atoms with E-state index in [0.717, 1.165) is 31.2 Å². The monoisotopic (exact) mass is 486 g/mol. The second kappa shape index (κ2) is 14.4. The fraction of sp³-hybridized carbons (Fsp3) is 0.519. The molecule has 2 atom stereocenters. The van der Waals surface area contributed by atoms with Gasteiger partial charge in [-0.05, 0) is 48.6 Å². The van der Waals surface area contributed by atoms with Crippen LogP contribution in [0.25, 0.3) is 0 Å². The molecule has 1 aromatic heterocycles. The predicted octanol–water partition coefficient (Wildman–Crippen LogP) is 3.68. The number of benzene rings is 1. The lowest BCUT2D eigenvalue weighted by molar-refractivity contribution is -0.138. The van der Waals surface area contributed by atoms with Crippen LogP contribution in [0.15, 0.2) is 30.5 Å². The smallest absolute Gasteiger partial charge is 0.170 e. The van der Waals surface area contributed by atoms with E-state index in [4.69, 9.17) is 10.5 Å². The quantitative estimate of drug-likeness (QED) is 0.208. The SMILES string of the molecule is CCCCCCCC(=O)[C@H](O)C(=O)CCc1cc(OC)c(O)c([C@H](CCO)c2ccnc(N)c2)c1. The molecule has 0 saturated carbocycles. The Morgan fingerprint density at radius 2 is 1.80 bits per heavy atom. The Kier molecular flexibility index (Phi) is 11.7. The van der Waals surface area contributed by atoms with Crippen molar-refractivity contribution in [3.05, 3.63) is 47.2 Å². The van der Waals surface area contributed by atoms with Gasteiger partial charge in [0.2, 0.25) is 0 Å². The van der Waals surface area contributed by atoms with E-state index in [1.54, 1.807) is 30.5 Å². The number of Topliss-reactive ketones (excluding diaryl/α,β-unsaturated/α-hetero) is 2. The van der Waals surface area contributed by atoms with Crippen LogP contribution in [0.1, 0.15) is 80.9 Å². The molecule has 0 saturated heterocycles. The molecule has 0 radical (unpaired) electrons. The molecule has 5 N–H and O–H groups in total. The number of ether oxygens (including phenoxy) is 1. The van der Waals surface area contributed by atoms with Crippen molar-refractivity contribution >= 4 is 17.4 Å². The number of rotatable bonds is 16. The van der Waals surface area contributed by atoms with E-state index in [1.165, 1.54) is 7.11 Å². The number of carbonyl (C=O) groups is 2. The van der Waals surface area contributed by atoms with Gasteiger partial charge in [0.25, 0.3) is 0 Å². The van der Waals surface area contributed by atoms with E-state index >= 15 is 0 Å². The van der Waals surface area contributed by atoms with Gasteiger partial charge in [-0.15, -0.1) is 0 Å². The van der Waals surface area contributed by atoms with Crippen molar-refractivity contribution in [2.45, 2.75) is 76.7 Å². The first-order chi connectivity index (χ1) is 16.8. The van der Waals surface area contributed by atoms with Crippen LogP contribution in [-0.4, -0.2) is 51.7 Å². The number of aryl methyl sites for hydroxylation is 1. The summed E-state index contributed by atoms with van der Waals surface area (Å²) in [7, 11) is 1.43. The molecule has 2 aromatic rings. The number of aromatic nitrogens is 1. The van der Waals surface area contributed by atoms with Crippen LogP contribution in [0.2, 0.25) is 0 Å². The van der Waals surface area contributed by atoms with Crippen LogP contribution in [-0.2, 0) is 16.0 Å². The molecule has 0 amide bonds. The third kappa shape index (κ3) is 8.33. The first-order valence-electron chi connectivity index (χ1n) is 12.3. The highest BCUT2D eigenvalue weighted by Crippen LogP contribution is 2.40. The van der Waals surface area contributed by atoms with Crippen LogP contribution >= 0.6 is 0 Å². The summed E-state index contributed by atoms with van der Waals surface area (Å²) in [6.07, 6.45) is 5.56. The second-order valence-corrected chi connectivity index (χ2v) is 8.81. The van der Waals surface area contributed by atoms with E-state index in [0.29, 0.717) is 29.8 Å². The third-order valence-corrected chi connectivity index (χ3v) is 6.18. The summed E-state index contributed by atoms with van der Waals surface area (Å²) in [4.78, 5) is 28.7. The van der Waals surface area contributed by atoms with Gasteiger partial charge in [0, 0.05) is 37.1 Å². The first-order valence-corrected chi connectivity index (χ1v) is 12.3. The number of phenols is 1. The number of hydrogen-bond donors (Lipinski definition) is 4. The van der Waals surface area contributed by atoms with Gasteiger partial charge in [0.1, 0.15) is 5.82 Å². The number of hydrogen-bond acceptors (Lipinski definition) is 8. The summed E-state index contributed by atoms with van der Waals surface area (Å²) in [5, 5.41) is 30.6. The number of aliphatic hydroxyl groups is 2. The highest BCUT2D eigenvalue weighted by Gasteiger charge is 2.24. The van der Waals surface area contributed by atoms with Crippen molar-refractivity contribution in [3.8, 4) is 11.5 Å². The maximum Gasteiger partial charge on any atom is 0.170 e. The average Bonchev–Trinajstić information content (AvgIpc) is 2.85. The molecule has 0 aliphatic rings. The zero-order valence-corrected chi connectivity index (χ0v) is 20.7. The highest BCUT2D eigenvalue weighted by molar-refractivity contribution is 6.05. The summed E-state index contributed by atoms with van der Waals surface area (Å²) in [5.74, 6) is -0.842. The Hall–Kier alpha value is -2.97. The van der Waals surface area contributed by atoms with Crippen LogP contribution < -0.4 is 10.5 Å². The van der Waals surface area contributed by atoms with Gasteiger partial charge in [-0.2, -0.15) is 0 Å². The van der Waals surface area contributed by atoms with Crippen molar-refractivity contribution in [1.82, 2.24) is 4.98 Å². The zero-order valence-electron chi connectivity index (χ0n) is 20.7. The Labute approximate surface area is 207 Å². The standard InChI is InChI=1S/C27H38N2O6/c1-3-4-5-6-7-8-22(31)27(34)23(32)10-9-18-15-21(26(33)24(16-18)35-2)20(12-14-30)19-11-13-29-25(28)17-19/h11,13,15-17,20,27,30,33-34H,3-10,12,14H2,1-2H3,(H2,28,29)/t20-,27+/m1/s1. The minimum Gasteiger partial charge on any atom is -0.504 e. The molecule has 1 aromatic carbocycles. The topological polar surface area (TPSA) is 143 Å². The van der Waals surface area contributed by atoms with E-state index in [9.17, 15) is 24.9 Å². The van der Waals surface area contributed by atoms with Gasteiger partial charge >= 0.3 is 0 Å². The molecule has 192 valence electrons. The Balaban J connectivity index is 2.14. The molecular weight excluding hydrogens is 448 g/mol. The van der Waals surface area contributed by atoms with Crippen LogP contribution in [0.4, 0.5) is 5.82 Å². The molecule has 0 unspecified atom stereocenters. The molecule has 0 fully saturated rings.